The topological polar surface area (TPSA) is 73.1 Å². The molecule has 0 aliphatic heterocycles. The van der Waals surface area contributed by atoms with Gasteiger partial charge in [0.1, 0.15) is 5.75 Å². The molecule has 1 saturated carbocycles. The summed E-state index contributed by atoms with van der Waals surface area (Å²) in [6, 6.07) is 8.01. The Morgan fingerprint density at radius 2 is 2.00 bits per heavy atom. The first-order valence-corrected chi connectivity index (χ1v) is 8.01. The Morgan fingerprint density at radius 1 is 1.29 bits per heavy atom. The molecule has 1 aliphatic rings. The fraction of sp³-hybridized carbons (Fsp3) is 0.467. The number of nitrogens with one attached hydrogen (secondary N) is 1. The summed E-state index contributed by atoms with van der Waals surface area (Å²) in [6.45, 7) is 4.22. The van der Waals surface area contributed by atoms with Crippen molar-refractivity contribution in [2.75, 3.05) is 0 Å². The molecule has 1 unspecified atom stereocenters. The number of aromatic nitrogens is 2. The van der Waals surface area contributed by atoms with Crippen LogP contribution in [0.5, 0.6) is 5.75 Å². The van der Waals surface area contributed by atoms with Crippen molar-refractivity contribution in [2.45, 2.75) is 44.8 Å². The molecule has 1 heterocycles. The summed E-state index contributed by atoms with van der Waals surface area (Å²) < 4.78 is 9.85. The second kappa shape index (κ2) is 6.09. The summed E-state index contributed by atoms with van der Waals surface area (Å²) >= 11 is 1.40. The van der Waals surface area contributed by atoms with E-state index >= 15 is 0 Å². The van der Waals surface area contributed by atoms with E-state index in [0.29, 0.717) is 12.0 Å². The summed E-state index contributed by atoms with van der Waals surface area (Å²) in [5, 5.41) is 4.22. The van der Waals surface area contributed by atoms with E-state index in [4.69, 9.17) is 10.6 Å². The summed E-state index contributed by atoms with van der Waals surface area (Å²) in [6.07, 6.45) is 2.75. The Balaban J connectivity index is 1.83. The van der Waals surface area contributed by atoms with E-state index in [1.54, 1.807) is 0 Å². The molecule has 1 aromatic heterocycles. The number of hydrazine groups is 1. The highest BCUT2D eigenvalue weighted by Gasteiger charge is 2.24. The standard InChI is InChI=1S/C15H20N4OS/c1-9(2)13-15(21-19-18-13)14(17-16)10-3-5-11(6-4-10)20-12-7-8-12/h3-6,9,12,14,17H,7-8,16H2,1-2H3. The minimum absolute atomic E-state index is 0.0858. The number of hydrogen-bond donors (Lipinski definition) is 2. The van der Waals surface area contributed by atoms with Crippen LogP contribution in [0.1, 0.15) is 54.8 Å². The highest BCUT2D eigenvalue weighted by molar-refractivity contribution is 7.05. The van der Waals surface area contributed by atoms with E-state index in [2.05, 4.69) is 28.9 Å². The highest BCUT2D eigenvalue weighted by atomic mass is 32.1. The van der Waals surface area contributed by atoms with Gasteiger partial charge in [-0.1, -0.05) is 30.5 Å². The number of ether oxygens (including phenoxy) is 1. The van der Waals surface area contributed by atoms with Crippen molar-refractivity contribution >= 4 is 11.5 Å². The van der Waals surface area contributed by atoms with Gasteiger partial charge >= 0.3 is 0 Å². The van der Waals surface area contributed by atoms with E-state index < -0.39 is 0 Å². The Labute approximate surface area is 128 Å². The van der Waals surface area contributed by atoms with E-state index in [1.807, 2.05) is 24.3 Å². The average molecular weight is 304 g/mol. The summed E-state index contributed by atoms with van der Waals surface area (Å²) in [4.78, 5) is 1.07. The van der Waals surface area contributed by atoms with E-state index in [0.717, 1.165) is 21.9 Å². The molecule has 1 aliphatic carbocycles. The molecule has 1 fully saturated rings. The average Bonchev–Trinajstić information content (AvgIpc) is 3.15. The van der Waals surface area contributed by atoms with Crippen molar-refractivity contribution in [3.8, 4) is 5.75 Å². The predicted molar refractivity (Wildman–Crippen MR) is 83.3 cm³/mol. The molecule has 1 aromatic carbocycles. The maximum Gasteiger partial charge on any atom is 0.119 e. The van der Waals surface area contributed by atoms with Crippen LogP contribution < -0.4 is 16.0 Å². The maximum atomic E-state index is 5.77. The second-order valence-corrected chi connectivity index (χ2v) is 6.45. The molecular weight excluding hydrogens is 284 g/mol. The normalized spacial score (nSPS) is 16.2. The van der Waals surface area contributed by atoms with Gasteiger partial charge in [0, 0.05) is 0 Å². The smallest absolute Gasteiger partial charge is 0.119 e. The monoisotopic (exact) mass is 304 g/mol. The van der Waals surface area contributed by atoms with Gasteiger partial charge in [-0.15, -0.1) is 5.10 Å². The highest BCUT2D eigenvalue weighted by Crippen LogP contribution is 2.32. The summed E-state index contributed by atoms with van der Waals surface area (Å²) in [7, 11) is 0. The maximum absolute atomic E-state index is 5.77. The molecule has 6 heteroatoms. The summed E-state index contributed by atoms with van der Waals surface area (Å²) in [5.74, 6) is 7.01. The quantitative estimate of drug-likeness (QED) is 0.634. The van der Waals surface area contributed by atoms with Crippen LogP contribution in [-0.2, 0) is 0 Å². The van der Waals surface area contributed by atoms with Crippen molar-refractivity contribution in [1.29, 1.82) is 0 Å². The number of hydrogen-bond acceptors (Lipinski definition) is 6. The molecule has 0 bridgehead atoms. The first kappa shape index (κ1) is 14.4. The van der Waals surface area contributed by atoms with Crippen LogP contribution in [0.15, 0.2) is 24.3 Å². The molecule has 3 rings (SSSR count). The third-order valence-electron chi connectivity index (χ3n) is 3.56. The lowest BCUT2D eigenvalue weighted by molar-refractivity contribution is 0.303. The van der Waals surface area contributed by atoms with Gasteiger partial charge in [-0.05, 0) is 48.0 Å². The van der Waals surface area contributed by atoms with Gasteiger partial charge < -0.3 is 4.74 Å². The van der Waals surface area contributed by atoms with Crippen LogP contribution in [-0.4, -0.2) is 15.7 Å². The van der Waals surface area contributed by atoms with Gasteiger partial charge in [-0.2, -0.15) is 0 Å². The molecule has 1 atom stereocenters. The Morgan fingerprint density at radius 3 is 2.57 bits per heavy atom. The van der Waals surface area contributed by atoms with Crippen LogP contribution >= 0.6 is 11.5 Å². The molecule has 0 radical (unpaired) electrons. The fourth-order valence-corrected chi connectivity index (χ4v) is 3.14. The van der Waals surface area contributed by atoms with Gasteiger partial charge in [-0.3, -0.25) is 5.84 Å². The molecule has 2 aromatic rings. The first-order valence-electron chi connectivity index (χ1n) is 7.24. The lowest BCUT2D eigenvalue weighted by Gasteiger charge is -2.17. The number of benzene rings is 1. The molecule has 3 N–H and O–H groups in total. The predicted octanol–water partition coefficient (Wildman–Crippen LogP) is 2.76. The molecule has 112 valence electrons. The SMILES string of the molecule is CC(C)c1nnsc1C(NN)c1ccc(OC2CC2)cc1. The van der Waals surface area contributed by atoms with Crippen molar-refractivity contribution in [1.82, 2.24) is 15.0 Å². The van der Waals surface area contributed by atoms with Gasteiger partial charge in [-0.25, -0.2) is 5.43 Å². The van der Waals surface area contributed by atoms with Crippen LogP contribution in [0, 0.1) is 0 Å². The number of nitrogens with zero attached hydrogens (tertiary/aromatic N) is 2. The van der Waals surface area contributed by atoms with Crippen molar-refractivity contribution in [3.63, 3.8) is 0 Å². The Hall–Kier alpha value is -1.50. The third kappa shape index (κ3) is 3.23. The molecule has 0 saturated heterocycles. The lowest BCUT2D eigenvalue weighted by atomic mass is 10.0. The molecule has 21 heavy (non-hydrogen) atoms. The van der Waals surface area contributed by atoms with Crippen LogP contribution in [0.3, 0.4) is 0 Å². The third-order valence-corrected chi connectivity index (χ3v) is 4.36. The second-order valence-electron chi connectivity index (χ2n) is 5.66. The summed E-state index contributed by atoms with van der Waals surface area (Å²) in [5.41, 5.74) is 4.97. The Kier molecular flexibility index (Phi) is 4.19. The molecular formula is C15H20N4OS. The van der Waals surface area contributed by atoms with Crippen molar-refractivity contribution < 1.29 is 4.74 Å². The minimum Gasteiger partial charge on any atom is -0.490 e. The fourth-order valence-electron chi connectivity index (χ4n) is 2.25. The van der Waals surface area contributed by atoms with Crippen LogP contribution in [0.2, 0.25) is 0 Å². The van der Waals surface area contributed by atoms with Gasteiger partial charge in [0.25, 0.3) is 0 Å². The zero-order valence-corrected chi connectivity index (χ0v) is 13.1. The van der Waals surface area contributed by atoms with Crippen LogP contribution in [0.4, 0.5) is 0 Å². The lowest BCUT2D eigenvalue weighted by Crippen LogP contribution is -2.29. The first-order chi connectivity index (χ1) is 10.2. The van der Waals surface area contributed by atoms with E-state index in [-0.39, 0.29) is 6.04 Å². The van der Waals surface area contributed by atoms with Crippen LogP contribution in [0.25, 0.3) is 0 Å². The van der Waals surface area contributed by atoms with Crippen molar-refractivity contribution in [3.05, 3.63) is 40.4 Å². The van der Waals surface area contributed by atoms with E-state index in [9.17, 15) is 0 Å². The molecule has 0 spiro atoms. The van der Waals surface area contributed by atoms with Gasteiger partial charge in [0.05, 0.1) is 22.7 Å². The number of rotatable bonds is 6. The van der Waals surface area contributed by atoms with Gasteiger partial charge in [0.2, 0.25) is 0 Å². The van der Waals surface area contributed by atoms with Crippen molar-refractivity contribution in [2.24, 2.45) is 5.84 Å². The molecule has 5 nitrogen and oxygen atoms in total. The van der Waals surface area contributed by atoms with E-state index in [1.165, 1.54) is 24.4 Å². The zero-order valence-electron chi connectivity index (χ0n) is 12.2. The molecule has 0 amide bonds. The van der Waals surface area contributed by atoms with Gasteiger partial charge in [0.15, 0.2) is 0 Å². The number of nitrogens with two attached hydrogens (primary N) is 1. The zero-order chi connectivity index (χ0) is 14.8. The largest absolute Gasteiger partial charge is 0.490 e. The Bertz CT molecular complexity index is 592. The minimum atomic E-state index is -0.0858.